The number of rotatable bonds is 3. The first-order valence-electron chi connectivity index (χ1n) is 5.39. The van der Waals surface area contributed by atoms with Crippen LogP contribution in [0.25, 0.3) is 0 Å². The maximum Gasteiger partial charge on any atom is 0.122 e. The summed E-state index contributed by atoms with van der Waals surface area (Å²) < 4.78 is 5.27. The highest BCUT2D eigenvalue weighted by Crippen LogP contribution is 2.25. The second-order valence-corrected chi connectivity index (χ2v) is 3.99. The molecule has 0 saturated carbocycles. The van der Waals surface area contributed by atoms with Gasteiger partial charge in [-0.1, -0.05) is 0 Å². The van der Waals surface area contributed by atoms with Gasteiger partial charge in [-0.2, -0.15) is 0 Å². The topological polar surface area (TPSA) is 41.5 Å². The van der Waals surface area contributed by atoms with E-state index in [1.807, 2.05) is 6.07 Å². The van der Waals surface area contributed by atoms with E-state index < -0.39 is 0 Å². The number of phenolic OH excluding ortho intramolecular Hbond substituents is 1. The number of nitrogens with one attached hydrogen (secondary N) is 1. The van der Waals surface area contributed by atoms with Gasteiger partial charge in [-0.15, -0.1) is 0 Å². The van der Waals surface area contributed by atoms with Crippen LogP contribution in [0.2, 0.25) is 0 Å². The molecule has 1 aromatic carbocycles. The van der Waals surface area contributed by atoms with Crippen LogP contribution in [0, 0.1) is 0 Å². The molecule has 2 rings (SSSR count). The number of hydrogen-bond donors (Lipinski definition) is 2. The van der Waals surface area contributed by atoms with Crippen molar-refractivity contribution in [3.63, 3.8) is 0 Å². The Kier molecular flexibility index (Phi) is 3.11. The monoisotopic (exact) mass is 207 g/mol. The third-order valence-electron chi connectivity index (χ3n) is 2.89. The van der Waals surface area contributed by atoms with Crippen molar-refractivity contribution in [3.05, 3.63) is 23.8 Å². The number of ether oxygens (including phenoxy) is 1. The van der Waals surface area contributed by atoms with Crippen LogP contribution in [0.5, 0.6) is 11.5 Å². The first-order valence-corrected chi connectivity index (χ1v) is 5.39. The van der Waals surface area contributed by atoms with E-state index in [2.05, 4.69) is 5.32 Å². The van der Waals surface area contributed by atoms with Gasteiger partial charge in [0, 0.05) is 6.04 Å². The average Bonchev–Trinajstić information content (AvgIpc) is 2.71. The lowest BCUT2D eigenvalue weighted by Crippen LogP contribution is -2.23. The summed E-state index contributed by atoms with van der Waals surface area (Å²) in [7, 11) is 1.66. The van der Waals surface area contributed by atoms with Crippen molar-refractivity contribution in [3.8, 4) is 11.5 Å². The highest BCUT2D eigenvalue weighted by molar-refractivity contribution is 5.40. The molecular formula is C12H17NO2. The molecule has 2 N–H and O–H groups in total. The minimum atomic E-state index is 0.309. The Morgan fingerprint density at radius 3 is 3.07 bits per heavy atom. The van der Waals surface area contributed by atoms with Crippen molar-refractivity contribution in [1.82, 2.24) is 5.32 Å². The van der Waals surface area contributed by atoms with Gasteiger partial charge in [0.1, 0.15) is 11.5 Å². The molecule has 82 valence electrons. The number of aromatic hydroxyl groups is 1. The van der Waals surface area contributed by atoms with Crippen LogP contribution in [0.4, 0.5) is 0 Å². The van der Waals surface area contributed by atoms with Crippen LogP contribution in [0.1, 0.15) is 18.4 Å². The summed E-state index contributed by atoms with van der Waals surface area (Å²) in [6, 6.07) is 5.80. The Hall–Kier alpha value is -1.22. The molecule has 1 aliphatic heterocycles. The van der Waals surface area contributed by atoms with Gasteiger partial charge < -0.3 is 15.2 Å². The molecule has 0 radical (unpaired) electrons. The van der Waals surface area contributed by atoms with Gasteiger partial charge in [-0.3, -0.25) is 0 Å². The van der Waals surface area contributed by atoms with Crippen LogP contribution >= 0.6 is 0 Å². The Balaban J connectivity index is 2.14. The molecule has 1 unspecified atom stereocenters. The predicted octanol–water partition coefficient (Wildman–Crippen LogP) is 1.70. The van der Waals surface area contributed by atoms with E-state index >= 15 is 0 Å². The zero-order valence-electron chi connectivity index (χ0n) is 8.99. The maximum atomic E-state index is 9.43. The van der Waals surface area contributed by atoms with Crippen LogP contribution in [0.15, 0.2) is 18.2 Å². The van der Waals surface area contributed by atoms with E-state index in [-0.39, 0.29) is 0 Å². The molecule has 1 aromatic rings. The molecule has 0 aromatic heterocycles. The summed E-state index contributed by atoms with van der Waals surface area (Å²) in [5.41, 5.74) is 1.08. The largest absolute Gasteiger partial charge is 0.508 e. The Bertz CT molecular complexity index is 332. The zero-order chi connectivity index (χ0) is 10.7. The molecule has 1 aliphatic rings. The van der Waals surface area contributed by atoms with E-state index in [1.165, 1.54) is 12.8 Å². The summed E-state index contributed by atoms with van der Waals surface area (Å²) in [5.74, 6) is 1.17. The van der Waals surface area contributed by atoms with Gasteiger partial charge in [0.05, 0.1) is 7.11 Å². The van der Waals surface area contributed by atoms with Crippen LogP contribution in [0.3, 0.4) is 0 Å². The van der Waals surface area contributed by atoms with Crippen LogP contribution in [-0.4, -0.2) is 24.8 Å². The van der Waals surface area contributed by atoms with Crippen molar-refractivity contribution < 1.29 is 9.84 Å². The lowest BCUT2D eigenvalue weighted by Gasteiger charge is -2.13. The molecule has 3 nitrogen and oxygen atoms in total. The molecule has 1 fully saturated rings. The lowest BCUT2D eigenvalue weighted by atomic mass is 10.0. The number of methoxy groups -OCH3 is 1. The molecule has 1 saturated heterocycles. The summed E-state index contributed by atoms with van der Waals surface area (Å²) in [4.78, 5) is 0. The molecule has 15 heavy (non-hydrogen) atoms. The second kappa shape index (κ2) is 4.53. The van der Waals surface area contributed by atoms with Gasteiger partial charge in [-0.05, 0) is 49.6 Å². The number of hydrogen-bond acceptors (Lipinski definition) is 3. The quantitative estimate of drug-likeness (QED) is 0.792. The maximum absolute atomic E-state index is 9.43. The third-order valence-corrected chi connectivity index (χ3v) is 2.89. The van der Waals surface area contributed by atoms with Gasteiger partial charge in [-0.25, -0.2) is 0 Å². The normalized spacial score (nSPS) is 20.5. The van der Waals surface area contributed by atoms with Crippen molar-refractivity contribution in [2.75, 3.05) is 13.7 Å². The highest BCUT2D eigenvalue weighted by atomic mass is 16.5. The van der Waals surface area contributed by atoms with E-state index in [0.717, 1.165) is 24.3 Å². The van der Waals surface area contributed by atoms with Gasteiger partial charge in [0.2, 0.25) is 0 Å². The average molecular weight is 207 g/mol. The number of phenols is 1. The minimum absolute atomic E-state index is 0.309. The van der Waals surface area contributed by atoms with E-state index in [9.17, 15) is 5.11 Å². The molecule has 0 bridgehead atoms. The van der Waals surface area contributed by atoms with E-state index in [4.69, 9.17) is 4.74 Å². The summed E-state index contributed by atoms with van der Waals surface area (Å²) in [6.45, 7) is 1.10. The zero-order valence-corrected chi connectivity index (χ0v) is 8.99. The molecule has 3 heteroatoms. The standard InChI is InChI=1S/C12H17NO2/c1-15-12-5-4-11(14)8-9(12)7-10-3-2-6-13-10/h4-5,8,10,13-14H,2-3,6-7H2,1H3. The van der Waals surface area contributed by atoms with Crippen molar-refractivity contribution >= 4 is 0 Å². The van der Waals surface area contributed by atoms with Crippen molar-refractivity contribution in [1.29, 1.82) is 0 Å². The smallest absolute Gasteiger partial charge is 0.122 e. The van der Waals surface area contributed by atoms with Crippen molar-refractivity contribution in [2.24, 2.45) is 0 Å². The lowest BCUT2D eigenvalue weighted by molar-refractivity contribution is 0.404. The van der Waals surface area contributed by atoms with E-state index in [0.29, 0.717) is 11.8 Å². The molecule has 1 atom stereocenters. The third kappa shape index (κ3) is 2.42. The Morgan fingerprint density at radius 1 is 1.53 bits per heavy atom. The molecular weight excluding hydrogens is 190 g/mol. The van der Waals surface area contributed by atoms with E-state index in [1.54, 1.807) is 19.2 Å². The Morgan fingerprint density at radius 2 is 2.40 bits per heavy atom. The first kappa shape index (κ1) is 10.3. The fraction of sp³-hybridized carbons (Fsp3) is 0.500. The van der Waals surface area contributed by atoms with Gasteiger partial charge in [0.25, 0.3) is 0 Å². The second-order valence-electron chi connectivity index (χ2n) is 3.99. The summed E-state index contributed by atoms with van der Waals surface area (Å²) in [6.07, 6.45) is 3.38. The van der Waals surface area contributed by atoms with Crippen molar-refractivity contribution in [2.45, 2.75) is 25.3 Å². The SMILES string of the molecule is COc1ccc(O)cc1CC1CCCN1. The fourth-order valence-electron chi connectivity index (χ4n) is 2.12. The molecule has 0 amide bonds. The number of benzene rings is 1. The highest BCUT2D eigenvalue weighted by Gasteiger charge is 2.16. The first-order chi connectivity index (χ1) is 7.29. The summed E-state index contributed by atoms with van der Waals surface area (Å²) >= 11 is 0. The minimum Gasteiger partial charge on any atom is -0.508 e. The molecule has 0 aliphatic carbocycles. The summed E-state index contributed by atoms with van der Waals surface area (Å²) in [5, 5.41) is 12.9. The fourth-order valence-corrected chi connectivity index (χ4v) is 2.12. The molecule has 1 heterocycles. The van der Waals surface area contributed by atoms with Crippen LogP contribution in [-0.2, 0) is 6.42 Å². The van der Waals surface area contributed by atoms with Crippen LogP contribution < -0.4 is 10.1 Å². The predicted molar refractivity (Wildman–Crippen MR) is 59.4 cm³/mol. The Labute approximate surface area is 90.1 Å². The van der Waals surface area contributed by atoms with Gasteiger partial charge >= 0.3 is 0 Å². The molecule has 0 spiro atoms. The van der Waals surface area contributed by atoms with Gasteiger partial charge in [0.15, 0.2) is 0 Å².